The van der Waals surface area contributed by atoms with Crippen LogP contribution in [0.15, 0.2) is 18.2 Å². The predicted molar refractivity (Wildman–Crippen MR) is 63.3 cm³/mol. The van der Waals surface area contributed by atoms with E-state index in [-0.39, 0.29) is 12.5 Å². The van der Waals surface area contributed by atoms with Gasteiger partial charge < -0.3 is 15.2 Å². The predicted octanol–water partition coefficient (Wildman–Crippen LogP) is 2.62. The number of aliphatic carboxylic acids is 1. The first-order chi connectivity index (χ1) is 7.52. The number of hydrogen-bond donors (Lipinski definition) is 2. The highest BCUT2D eigenvalue weighted by Crippen LogP contribution is 2.27. The number of hydrogen-bond acceptors (Lipinski definition) is 3. The van der Waals surface area contributed by atoms with Crippen molar-refractivity contribution in [2.45, 2.75) is 19.4 Å². The Kier molecular flexibility index (Phi) is 4.43. The van der Waals surface area contributed by atoms with Gasteiger partial charge in [-0.25, -0.2) is 0 Å². The zero-order valence-electron chi connectivity index (χ0n) is 9.16. The molecule has 0 bridgehead atoms. The van der Waals surface area contributed by atoms with E-state index < -0.39 is 5.97 Å². The lowest BCUT2D eigenvalue weighted by atomic mass is 10.2. The van der Waals surface area contributed by atoms with E-state index in [4.69, 9.17) is 21.4 Å². The third-order valence-electron chi connectivity index (χ3n) is 2.04. The topological polar surface area (TPSA) is 58.6 Å². The van der Waals surface area contributed by atoms with E-state index in [0.717, 1.165) is 5.69 Å². The van der Waals surface area contributed by atoms with Gasteiger partial charge in [0.15, 0.2) is 0 Å². The fourth-order valence-corrected chi connectivity index (χ4v) is 1.54. The molecule has 0 aliphatic rings. The van der Waals surface area contributed by atoms with Crippen molar-refractivity contribution in [1.29, 1.82) is 0 Å². The van der Waals surface area contributed by atoms with Gasteiger partial charge >= 0.3 is 5.97 Å². The van der Waals surface area contributed by atoms with Crippen LogP contribution >= 0.6 is 11.6 Å². The molecule has 0 radical (unpaired) electrons. The molecule has 0 fully saturated rings. The van der Waals surface area contributed by atoms with E-state index in [9.17, 15) is 4.79 Å². The number of carbonyl (C=O) groups is 1. The van der Waals surface area contributed by atoms with Gasteiger partial charge in [-0.3, -0.25) is 4.79 Å². The summed E-state index contributed by atoms with van der Waals surface area (Å²) < 4.78 is 5.06. The molecule has 0 saturated heterocycles. The van der Waals surface area contributed by atoms with E-state index >= 15 is 0 Å². The molecule has 0 heterocycles. The second-order valence-corrected chi connectivity index (χ2v) is 3.90. The monoisotopic (exact) mass is 243 g/mol. The zero-order chi connectivity index (χ0) is 12.1. The molecule has 0 aliphatic carbocycles. The highest BCUT2D eigenvalue weighted by atomic mass is 35.5. The number of methoxy groups -OCH3 is 1. The second-order valence-electron chi connectivity index (χ2n) is 3.49. The van der Waals surface area contributed by atoms with Crippen LogP contribution in [0.2, 0.25) is 5.02 Å². The molecule has 16 heavy (non-hydrogen) atoms. The maximum absolute atomic E-state index is 10.5. The van der Waals surface area contributed by atoms with Crippen LogP contribution in [-0.4, -0.2) is 24.2 Å². The van der Waals surface area contributed by atoms with E-state index in [2.05, 4.69) is 5.32 Å². The number of carboxylic acids is 1. The van der Waals surface area contributed by atoms with Crippen LogP contribution in [0.3, 0.4) is 0 Å². The molecule has 0 aromatic heterocycles. The van der Waals surface area contributed by atoms with Crippen LogP contribution in [0, 0.1) is 0 Å². The van der Waals surface area contributed by atoms with Crippen LogP contribution < -0.4 is 10.1 Å². The molecule has 1 aromatic rings. The van der Waals surface area contributed by atoms with Gasteiger partial charge in [-0.1, -0.05) is 11.6 Å². The highest BCUT2D eigenvalue weighted by molar-refractivity contribution is 6.32. The largest absolute Gasteiger partial charge is 0.495 e. The van der Waals surface area contributed by atoms with E-state index in [1.165, 1.54) is 7.11 Å². The van der Waals surface area contributed by atoms with Crippen molar-refractivity contribution < 1.29 is 14.6 Å². The van der Waals surface area contributed by atoms with Crippen molar-refractivity contribution in [1.82, 2.24) is 0 Å². The third kappa shape index (κ3) is 3.62. The Morgan fingerprint density at radius 1 is 1.62 bits per heavy atom. The van der Waals surface area contributed by atoms with Gasteiger partial charge in [-0.2, -0.15) is 0 Å². The van der Waals surface area contributed by atoms with Crippen molar-refractivity contribution in [3.63, 3.8) is 0 Å². The Morgan fingerprint density at radius 2 is 2.31 bits per heavy atom. The number of ether oxygens (including phenoxy) is 1. The minimum absolute atomic E-state index is 0.0605. The fraction of sp³-hybridized carbons (Fsp3) is 0.364. The first-order valence-corrected chi connectivity index (χ1v) is 5.22. The van der Waals surface area contributed by atoms with Gasteiger partial charge in [0.2, 0.25) is 0 Å². The zero-order valence-corrected chi connectivity index (χ0v) is 9.91. The summed E-state index contributed by atoms with van der Waals surface area (Å²) in [5, 5.41) is 12.2. The lowest BCUT2D eigenvalue weighted by molar-refractivity contribution is -0.137. The molecule has 5 heteroatoms. The number of nitrogens with one attached hydrogen (secondary N) is 1. The van der Waals surface area contributed by atoms with Crippen LogP contribution in [0.1, 0.15) is 13.3 Å². The molecule has 1 rings (SSSR count). The average Bonchev–Trinajstić information content (AvgIpc) is 2.19. The van der Waals surface area contributed by atoms with Crippen molar-refractivity contribution in [3.05, 3.63) is 23.2 Å². The number of rotatable bonds is 5. The summed E-state index contributed by atoms with van der Waals surface area (Å²) in [6.45, 7) is 1.80. The SMILES string of the molecule is COc1cc(NC(C)CC(=O)O)ccc1Cl. The van der Waals surface area contributed by atoms with Crippen molar-refractivity contribution >= 4 is 23.3 Å². The van der Waals surface area contributed by atoms with Gasteiger partial charge in [-0.15, -0.1) is 0 Å². The van der Waals surface area contributed by atoms with Gasteiger partial charge in [0.05, 0.1) is 18.6 Å². The summed E-state index contributed by atoms with van der Waals surface area (Å²) in [6, 6.07) is 5.07. The standard InChI is InChI=1S/C11H14ClNO3/c1-7(5-11(14)15)13-8-3-4-9(12)10(6-8)16-2/h3-4,6-7,13H,5H2,1-2H3,(H,14,15). The molecule has 0 saturated carbocycles. The van der Waals surface area contributed by atoms with Gasteiger partial charge in [0.1, 0.15) is 5.75 Å². The summed E-state index contributed by atoms with van der Waals surface area (Å²) in [6.07, 6.45) is 0.0605. The highest BCUT2D eigenvalue weighted by Gasteiger charge is 2.08. The lowest BCUT2D eigenvalue weighted by Gasteiger charge is -2.14. The second kappa shape index (κ2) is 5.61. The van der Waals surface area contributed by atoms with Crippen LogP contribution in [0.5, 0.6) is 5.75 Å². The number of halogens is 1. The number of carboxylic acid groups (broad SMARTS) is 1. The number of anilines is 1. The van der Waals surface area contributed by atoms with Crippen LogP contribution in [0.4, 0.5) is 5.69 Å². The van der Waals surface area contributed by atoms with Gasteiger partial charge in [-0.05, 0) is 19.1 Å². The van der Waals surface area contributed by atoms with E-state index in [1.54, 1.807) is 25.1 Å². The molecule has 4 nitrogen and oxygen atoms in total. The minimum atomic E-state index is -0.832. The Labute approximate surface area is 99.2 Å². The normalized spacial score (nSPS) is 11.9. The Hall–Kier alpha value is -1.42. The fourth-order valence-electron chi connectivity index (χ4n) is 1.35. The number of benzene rings is 1. The lowest BCUT2D eigenvalue weighted by Crippen LogP contribution is -2.19. The first-order valence-electron chi connectivity index (χ1n) is 4.84. The molecule has 1 aromatic carbocycles. The van der Waals surface area contributed by atoms with E-state index in [1.807, 2.05) is 0 Å². The van der Waals surface area contributed by atoms with Crippen LogP contribution in [-0.2, 0) is 4.79 Å². The summed E-state index contributed by atoms with van der Waals surface area (Å²) in [7, 11) is 1.53. The van der Waals surface area contributed by atoms with Crippen molar-refractivity contribution in [2.24, 2.45) is 0 Å². The Bertz CT molecular complexity index is 381. The molecule has 0 spiro atoms. The summed E-state index contributed by atoms with van der Waals surface area (Å²) >= 11 is 5.87. The third-order valence-corrected chi connectivity index (χ3v) is 2.36. The molecular weight excluding hydrogens is 230 g/mol. The summed E-state index contributed by atoms with van der Waals surface area (Å²) in [4.78, 5) is 10.5. The molecule has 88 valence electrons. The molecule has 1 atom stereocenters. The molecule has 0 amide bonds. The smallest absolute Gasteiger partial charge is 0.305 e. The average molecular weight is 244 g/mol. The van der Waals surface area contributed by atoms with Crippen molar-refractivity contribution in [3.8, 4) is 5.75 Å². The van der Waals surface area contributed by atoms with E-state index in [0.29, 0.717) is 10.8 Å². The van der Waals surface area contributed by atoms with Gasteiger partial charge in [0.25, 0.3) is 0 Å². The first kappa shape index (κ1) is 12.6. The maximum atomic E-state index is 10.5. The molecule has 1 unspecified atom stereocenters. The summed E-state index contributed by atoms with van der Waals surface area (Å²) in [5.74, 6) is -0.268. The van der Waals surface area contributed by atoms with Crippen LogP contribution in [0.25, 0.3) is 0 Å². The minimum Gasteiger partial charge on any atom is -0.495 e. The maximum Gasteiger partial charge on any atom is 0.305 e. The summed E-state index contributed by atoms with van der Waals surface area (Å²) in [5.41, 5.74) is 0.787. The Balaban J connectivity index is 2.70. The quantitative estimate of drug-likeness (QED) is 0.835. The molecular formula is C11H14ClNO3. The molecule has 0 aliphatic heterocycles. The van der Waals surface area contributed by atoms with Crippen molar-refractivity contribution in [2.75, 3.05) is 12.4 Å². The Morgan fingerprint density at radius 3 is 2.88 bits per heavy atom. The molecule has 2 N–H and O–H groups in total. The van der Waals surface area contributed by atoms with Gasteiger partial charge in [0, 0.05) is 17.8 Å².